The number of amides is 1. The molecule has 1 aliphatic carbocycles. The zero-order valence-corrected chi connectivity index (χ0v) is 21.2. The first-order valence-electron chi connectivity index (χ1n) is 12.2. The summed E-state index contributed by atoms with van der Waals surface area (Å²) in [4.78, 5) is 14.5. The van der Waals surface area contributed by atoms with Gasteiger partial charge in [-0.3, -0.25) is 9.69 Å². The SMILES string of the molecule is CS(=O)(=O)NC(=O)c1cc(C2CC2)c(OCC2CN(C(c3ccccc3)c3cccc(F)c3)C2)cc1F. The molecule has 2 aliphatic rings. The molecule has 0 aromatic heterocycles. The smallest absolute Gasteiger partial charge is 0.267 e. The zero-order valence-electron chi connectivity index (χ0n) is 20.4. The highest BCUT2D eigenvalue weighted by molar-refractivity contribution is 7.89. The number of sulfonamides is 1. The van der Waals surface area contributed by atoms with Crippen molar-refractivity contribution >= 4 is 15.9 Å². The topological polar surface area (TPSA) is 75.7 Å². The lowest BCUT2D eigenvalue weighted by molar-refractivity contribution is 0.0375. The van der Waals surface area contributed by atoms with Crippen molar-refractivity contribution in [3.8, 4) is 5.75 Å². The summed E-state index contributed by atoms with van der Waals surface area (Å²) in [6.45, 7) is 1.83. The number of halogens is 2. The van der Waals surface area contributed by atoms with Crippen LogP contribution in [0.2, 0.25) is 0 Å². The molecule has 1 atom stereocenters. The predicted molar refractivity (Wildman–Crippen MR) is 136 cm³/mol. The molecule has 194 valence electrons. The van der Waals surface area contributed by atoms with E-state index >= 15 is 0 Å². The van der Waals surface area contributed by atoms with Crippen molar-refractivity contribution in [2.75, 3.05) is 26.0 Å². The van der Waals surface area contributed by atoms with Crippen LogP contribution in [-0.4, -0.2) is 45.2 Å². The highest BCUT2D eigenvalue weighted by Crippen LogP contribution is 2.45. The number of likely N-dealkylation sites (tertiary alicyclic amines) is 1. The molecular formula is C28H28F2N2O4S. The van der Waals surface area contributed by atoms with Gasteiger partial charge in [0.2, 0.25) is 10.0 Å². The molecule has 37 heavy (non-hydrogen) atoms. The molecule has 1 heterocycles. The third-order valence-electron chi connectivity index (χ3n) is 6.74. The molecule has 6 nitrogen and oxygen atoms in total. The van der Waals surface area contributed by atoms with Crippen LogP contribution in [0.25, 0.3) is 0 Å². The molecule has 3 aromatic rings. The molecule has 1 aliphatic heterocycles. The standard InChI is InChI=1S/C28H28F2N2O4S/c1-37(34,35)31-28(33)24-13-23(19-10-11-19)26(14-25(24)30)36-17-18-15-32(16-18)27(20-6-3-2-4-7-20)21-8-5-9-22(29)12-21/h2-9,12-14,18-19,27H,10-11,15-17H2,1H3,(H,31,33). The molecule has 3 aromatic carbocycles. The summed E-state index contributed by atoms with van der Waals surface area (Å²) in [5.74, 6) is -1.35. The second kappa shape index (κ2) is 10.2. The van der Waals surface area contributed by atoms with Crippen LogP contribution in [0.5, 0.6) is 5.75 Å². The number of benzene rings is 3. The zero-order chi connectivity index (χ0) is 26.2. The van der Waals surface area contributed by atoms with E-state index in [-0.39, 0.29) is 29.3 Å². The summed E-state index contributed by atoms with van der Waals surface area (Å²) in [6, 6.07) is 19.1. The van der Waals surface area contributed by atoms with Gasteiger partial charge in [0, 0.05) is 25.1 Å². The van der Waals surface area contributed by atoms with Gasteiger partial charge in [-0.15, -0.1) is 0 Å². The Morgan fingerprint density at radius 2 is 1.73 bits per heavy atom. The first kappa shape index (κ1) is 25.4. The lowest BCUT2D eigenvalue weighted by Gasteiger charge is -2.44. The first-order chi connectivity index (χ1) is 17.7. The Morgan fingerprint density at radius 1 is 1.03 bits per heavy atom. The second-order valence-corrected chi connectivity index (χ2v) is 11.6. The normalized spacial score (nSPS) is 17.2. The minimum atomic E-state index is -3.81. The maximum absolute atomic E-state index is 14.8. The summed E-state index contributed by atoms with van der Waals surface area (Å²) < 4.78 is 59.4. The largest absolute Gasteiger partial charge is 0.493 e. The van der Waals surface area contributed by atoms with Gasteiger partial charge in [-0.1, -0.05) is 42.5 Å². The number of nitrogens with zero attached hydrogens (tertiary/aromatic N) is 1. The van der Waals surface area contributed by atoms with Crippen molar-refractivity contribution < 1.29 is 26.7 Å². The summed E-state index contributed by atoms with van der Waals surface area (Å²) in [6.07, 6.45) is 2.65. The number of carbonyl (C=O) groups is 1. The molecule has 0 bridgehead atoms. The van der Waals surface area contributed by atoms with Crippen LogP contribution in [0.15, 0.2) is 66.7 Å². The third kappa shape index (κ3) is 5.99. The summed E-state index contributed by atoms with van der Waals surface area (Å²) in [5.41, 5.74) is 2.37. The molecule has 1 N–H and O–H groups in total. The molecule has 1 saturated heterocycles. The Bertz CT molecular complexity index is 1400. The van der Waals surface area contributed by atoms with Gasteiger partial charge in [-0.05, 0) is 53.6 Å². The number of hydrogen-bond acceptors (Lipinski definition) is 5. The second-order valence-electron chi connectivity index (χ2n) is 9.85. The highest BCUT2D eigenvalue weighted by Gasteiger charge is 2.35. The quantitative estimate of drug-likeness (QED) is 0.440. The van der Waals surface area contributed by atoms with Crippen molar-refractivity contribution in [2.24, 2.45) is 5.92 Å². The van der Waals surface area contributed by atoms with E-state index in [2.05, 4.69) is 4.90 Å². The molecular weight excluding hydrogens is 498 g/mol. The van der Waals surface area contributed by atoms with Crippen LogP contribution in [0.1, 0.15) is 51.8 Å². The van der Waals surface area contributed by atoms with E-state index in [1.807, 2.05) is 41.1 Å². The fourth-order valence-electron chi connectivity index (χ4n) is 4.87. The van der Waals surface area contributed by atoms with Gasteiger partial charge in [0.1, 0.15) is 17.4 Å². The predicted octanol–water partition coefficient (Wildman–Crippen LogP) is 4.63. The van der Waals surface area contributed by atoms with E-state index in [0.29, 0.717) is 12.4 Å². The van der Waals surface area contributed by atoms with E-state index < -0.39 is 21.7 Å². The monoisotopic (exact) mass is 526 g/mol. The Hall–Kier alpha value is -3.30. The third-order valence-corrected chi connectivity index (χ3v) is 7.30. The van der Waals surface area contributed by atoms with Gasteiger partial charge in [0.15, 0.2) is 0 Å². The van der Waals surface area contributed by atoms with E-state index in [0.717, 1.165) is 48.9 Å². The molecule has 1 amide bonds. The fraction of sp³-hybridized carbons (Fsp3) is 0.321. The highest BCUT2D eigenvalue weighted by atomic mass is 32.2. The fourth-order valence-corrected chi connectivity index (χ4v) is 5.31. The van der Waals surface area contributed by atoms with Crippen molar-refractivity contribution in [3.63, 3.8) is 0 Å². The number of carbonyl (C=O) groups excluding carboxylic acids is 1. The molecule has 0 spiro atoms. The average Bonchev–Trinajstić information content (AvgIpc) is 3.65. The van der Waals surface area contributed by atoms with Gasteiger partial charge < -0.3 is 4.74 Å². The van der Waals surface area contributed by atoms with E-state index in [4.69, 9.17) is 4.74 Å². The Balaban J connectivity index is 1.28. The lowest BCUT2D eigenvalue weighted by atomic mass is 9.90. The van der Waals surface area contributed by atoms with Crippen molar-refractivity contribution in [2.45, 2.75) is 24.8 Å². The maximum Gasteiger partial charge on any atom is 0.267 e. The minimum absolute atomic E-state index is 0.0831. The van der Waals surface area contributed by atoms with E-state index in [1.54, 1.807) is 12.1 Å². The Kier molecular flexibility index (Phi) is 7.00. The average molecular weight is 527 g/mol. The van der Waals surface area contributed by atoms with Crippen LogP contribution in [0.4, 0.5) is 8.78 Å². The van der Waals surface area contributed by atoms with Gasteiger partial charge in [-0.25, -0.2) is 21.9 Å². The van der Waals surface area contributed by atoms with Gasteiger partial charge >= 0.3 is 0 Å². The first-order valence-corrected chi connectivity index (χ1v) is 14.1. The molecule has 0 radical (unpaired) electrons. The molecule has 1 saturated carbocycles. The van der Waals surface area contributed by atoms with Crippen LogP contribution in [0, 0.1) is 17.6 Å². The van der Waals surface area contributed by atoms with Crippen LogP contribution < -0.4 is 9.46 Å². The number of rotatable bonds is 9. The van der Waals surface area contributed by atoms with Crippen molar-refractivity contribution in [1.29, 1.82) is 0 Å². The molecule has 2 fully saturated rings. The van der Waals surface area contributed by atoms with E-state index in [1.165, 1.54) is 18.2 Å². The summed E-state index contributed by atoms with van der Waals surface area (Å²) in [7, 11) is -3.81. The van der Waals surface area contributed by atoms with E-state index in [9.17, 15) is 22.0 Å². The van der Waals surface area contributed by atoms with Crippen LogP contribution >= 0.6 is 0 Å². The van der Waals surface area contributed by atoms with Crippen LogP contribution in [-0.2, 0) is 10.0 Å². The van der Waals surface area contributed by atoms with Crippen molar-refractivity contribution in [3.05, 3.63) is 101 Å². The Labute approximate surface area is 215 Å². The number of ether oxygens (including phenoxy) is 1. The van der Waals surface area contributed by atoms with Gasteiger partial charge in [0.25, 0.3) is 5.91 Å². The molecule has 1 unspecified atom stereocenters. The maximum atomic E-state index is 14.8. The Morgan fingerprint density at radius 3 is 2.38 bits per heavy atom. The molecule has 9 heteroatoms. The number of hydrogen-bond donors (Lipinski definition) is 1. The number of nitrogens with one attached hydrogen (secondary N) is 1. The minimum Gasteiger partial charge on any atom is -0.493 e. The van der Waals surface area contributed by atoms with Crippen LogP contribution in [0.3, 0.4) is 0 Å². The van der Waals surface area contributed by atoms with Gasteiger partial charge in [-0.2, -0.15) is 0 Å². The lowest BCUT2D eigenvalue weighted by Crippen LogP contribution is -2.51. The molecule has 5 rings (SSSR count). The summed E-state index contributed by atoms with van der Waals surface area (Å²) in [5, 5.41) is 0. The van der Waals surface area contributed by atoms with Crippen molar-refractivity contribution in [1.82, 2.24) is 9.62 Å². The summed E-state index contributed by atoms with van der Waals surface area (Å²) >= 11 is 0. The van der Waals surface area contributed by atoms with Gasteiger partial charge in [0.05, 0.1) is 24.5 Å².